The van der Waals surface area contributed by atoms with Crippen LogP contribution in [0.5, 0.6) is 0 Å². The maximum Gasteiger partial charge on any atom is 0.157 e. The van der Waals surface area contributed by atoms with Gasteiger partial charge in [0.15, 0.2) is 11.6 Å². The van der Waals surface area contributed by atoms with Gasteiger partial charge in [0, 0.05) is 64.6 Å². The number of nitrogen functional groups attached to an aromatic ring is 1. The molecule has 3 heterocycles. The van der Waals surface area contributed by atoms with Gasteiger partial charge in [-0.1, -0.05) is 18.2 Å². The van der Waals surface area contributed by atoms with E-state index in [-0.39, 0.29) is 6.61 Å². The van der Waals surface area contributed by atoms with E-state index in [9.17, 15) is 0 Å². The molecule has 0 amide bonds. The number of hydrogen-bond donors (Lipinski definition) is 2. The Labute approximate surface area is 166 Å². The second-order valence-electron chi connectivity index (χ2n) is 7.30. The van der Waals surface area contributed by atoms with Gasteiger partial charge in [0.25, 0.3) is 0 Å². The van der Waals surface area contributed by atoms with Gasteiger partial charge in [-0.05, 0) is 12.1 Å². The van der Waals surface area contributed by atoms with Crippen LogP contribution < -0.4 is 20.4 Å². The van der Waals surface area contributed by atoms with E-state index in [0.717, 1.165) is 70.5 Å². The maximum atomic E-state index is 9.11. The van der Waals surface area contributed by atoms with Crippen molar-refractivity contribution in [3.8, 4) is 0 Å². The molecule has 0 bridgehead atoms. The average Bonchev–Trinajstić information content (AvgIpc) is 2.76. The summed E-state index contributed by atoms with van der Waals surface area (Å²) < 4.78 is 0. The molecule has 0 spiro atoms. The molecule has 1 aromatic heterocycles. The summed E-state index contributed by atoms with van der Waals surface area (Å²) in [6.07, 6.45) is 1.63. The number of nitrogens with two attached hydrogens (primary N) is 1. The van der Waals surface area contributed by atoms with Gasteiger partial charge in [-0.15, -0.1) is 0 Å². The first-order valence-corrected chi connectivity index (χ1v) is 10.00. The summed E-state index contributed by atoms with van der Waals surface area (Å²) in [5, 5.41) is 9.11. The second-order valence-corrected chi connectivity index (χ2v) is 7.30. The van der Waals surface area contributed by atoms with Crippen molar-refractivity contribution in [1.82, 2.24) is 14.9 Å². The molecule has 1 aromatic carbocycles. The van der Waals surface area contributed by atoms with Crippen LogP contribution in [-0.4, -0.2) is 85.5 Å². The zero-order chi connectivity index (χ0) is 19.3. The monoisotopic (exact) mass is 383 g/mol. The number of para-hydroxylation sites is 1. The Morgan fingerprint density at radius 2 is 1.32 bits per heavy atom. The number of aliphatic hydroxyl groups is 1. The first kappa shape index (κ1) is 18.8. The fourth-order valence-electron chi connectivity index (χ4n) is 4.02. The Hall–Kier alpha value is -2.58. The van der Waals surface area contributed by atoms with E-state index < -0.39 is 0 Å². The molecule has 2 aliphatic heterocycles. The number of benzene rings is 1. The molecule has 4 rings (SSSR count). The van der Waals surface area contributed by atoms with Crippen molar-refractivity contribution in [2.45, 2.75) is 0 Å². The van der Waals surface area contributed by atoms with Crippen molar-refractivity contribution in [2.75, 3.05) is 85.9 Å². The van der Waals surface area contributed by atoms with Crippen LogP contribution in [0.4, 0.5) is 23.0 Å². The summed E-state index contributed by atoms with van der Waals surface area (Å²) in [6.45, 7) is 8.15. The van der Waals surface area contributed by atoms with Crippen molar-refractivity contribution in [3.63, 3.8) is 0 Å². The van der Waals surface area contributed by atoms with Crippen molar-refractivity contribution in [3.05, 3.63) is 36.7 Å². The lowest BCUT2D eigenvalue weighted by atomic mass is 10.2. The first-order valence-electron chi connectivity index (χ1n) is 10.00. The summed E-state index contributed by atoms with van der Waals surface area (Å²) in [4.78, 5) is 18.1. The van der Waals surface area contributed by atoms with E-state index in [1.165, 1.54) is 5.69 Å². The number of aliphatic hydroxyl groups excluding tert-OH is 1. The summed E-state index contributed by atoms with van der Waals surface area (Å²) in [5.41, 5.74) is 8.44. The van der Waals surface area contributed by atoms with Gasteiger partial charge in [0.2, 0.25) is 0 Å². The van der Waals surface area contributed by atoms with Crippen LogP contribution in [-0.2, 0) is 0 Å². The van der Waals surface area contributed by atoms with E-state index in [4.69, 9.17) is 10.8 Å². The lowest BCUT2D eigenvalue weighted by Gasteiger charge is -2.38. The van der Waals surface area contributed by atoms with Crippen LogP contribution in [0.3, 0.4) is 0 Å². The van der Waals surface area contributed by atoms with Gasteiger partial charge in [-0.25, -0.2) is 9.97 Å². The predicted molar refractivity (Wildman–Crippen MR) is 113 cm³/mol. The second kappa shape index (κ2) is 8.62. The Kier molecular flexibility index (Phi) is 5.78. The zero-order valence-electron chi connectivity index (χ0n) is 16.2. The number of β-amino-alcohol motifs (C(OH)–C–C–N with tert-alkyl or cyclic N) is 1. The standard InChI is InChI=1S/C20H29N7O/c21-18-19(26-8-6-24(7-9-26)14-15-28)22-16-23-20(18)27-12-10-25(11-13-27)17-4-2-1-3-5-17/h1-5,16,28H,6-15,21H2. The van der Waals surface area contributed by atoms with Crippen LogP contribution in [0.2, 0.25) is 0 Å². The highest BCUT2D eigenvalue weighted by molar-refractivity contribution is 5.76. The van der Waals surface area contributed by atoms with Crippen molar-refractivity contribution in [1.29, 1.82) is 0 Å². The molecule has 2 fully saturated rings. The Morgan fingerprint density at radius 3 is 1.89 bits per heavy atom. The SMILES string of the molecule is Nc1c(N2CCN(CCO)CC2)ncnc1N1CCN(c2ccccc2)CC1. The Morgan fingerprint density at radius 1 is 0.786 bits per heavy atom. The van der Waals surface area contributed by atoms with Crippen LogP contribution >= 0.6 is 0 Å². The number of rotatable bonds is 5. The van der Waals surface area contributed by atoms with E-state index in [0.29, 0.717) is 5.69 Å². The van der Waals surface area contributed by atoms with Gasteiger partial charge in [-0.3, -0.25) is 4.90 Å². The molecule has 0 aliphatic carbocycles. The molecule has 0 radical (unpaired) electrons. The molecule has 3 N–H and O–H groups in total. The fourth-order valence-corrected chi connectivity index (χ4v) is 4.02. The molecule has 150 valence electrons. The number of anilines is 4. The third-order valence-corrected chi connectivity index (χ3v) is 5.63. The quantitative estimate of drug-likeness (QED) is 0.772. The Balaban J connectivity index is 1.42. The normalized spacial score (nSPS) is 18.5. The molecule has 0 saturated carbocycles. The van der Waals surface area contributed by atoms with Crippen LogP contribution in [0.25, 0.3) is 0 Å². The summed E-state index contributed by atoms with van der Waals surface area (Å²) in [5.74, 6) is 1.68. The van der Waals surface area contributed by atoms with E-state index in [1.807, 2.05) is 6.07 Å². The van der Waals surface area contributed by atoms with Crippen LogP contribution in [0.1, 0.15) is 0 Å². The summed E-state index contributed by atoms with van der Waals surface area (Å²) >= 11 is 0. The molecular weight excluding hydrogens is 354 g/mol. The van der Waals surface area contributed by atoms with E-state index >= 15 is 0 Å². The predicted octanol–water partition coefficient (Wildman–Crippen LogP) is 0.500. The number of hydrogen-bond acceptors (Lipinski definition) is 8. The third-order valence-electron chi connectivity index (χ3n) is 5.63. The average molecular weight is 384 g/mol. The highest BCUT2D eigenvalue weighted by Crippen LogP contribution is 2.30. The fraction of sp³-hybridized carbons (Fsp3) is 0.500. The number of nitrogens with zero attached hydrogens (tertiary/aromatic N) is 6. The van der Waals surface area contributed by atoms with Gasteiger partial charge in [-0.2, -0.15) is 0 Å². The lowest BCUT2D eigenvalue weighted by Crippen LogP contribution is -2.48. The molecule has 8 heteroatoms. The molecule has 8 nitrogen and oxygen atoms in total. The van der Waals surface area contributed by atoms with Gasteiger partial charge >= 0.3 is 0 Å². The molecule has 2 saturated heterocycles. The maximum absolute atomic E-state index is 9.11. The molecule has 28 heavy (non-hydrogen) atoms. The topological polar surface area (TPSA) is 85.0 Å². The molecular formula is C20H29N7O. The number of aromatic nitrogens is 2. The third kappa shape index (κ3) is 3.98. The minimum absolute atomic E-state index is 0.203. The van der Waals surface area contributed by atoms with Crippen molar-refractivity contribution < 1.29 is 5.11 Å². The molecule has 0 atom stereocenters. The first-order chi connectivity index (χ1) is 13.8. The van der Waals surface area contributed by atoms with Crippen LogP contribution in [0.15, 0.2) is 36.7 Å². The molecule has 2 aliphatic rings. The summed E-state index contributed by atoms with van der Waals surface area (Å²) in [6, 6.07) is 10.5. The van der Waals surface area contributed by atoms with Gasteiger partial charge in [0.05, 0.1) is 6.61 Å². The number of piperazine rings is 2. The van der Waals surface area contributed by atoms with E-state index in [2.05, 4.69) is 53.8 Å². The smallest absolute Gasteiger partial charge is 0.157 e. The molecule has 0 unspecified atom stereocenters. The summed E-state index contributed by atoms with van der Waals surface area (Å²) in [7, 11) is 0. The lowest BCUT2D eigenvalue weighted by molar-refractivity contribution is 0.188. The highest BCUT2D eigenvalue weighted by atomic mass is 16.3. The van der Waals surface area contributed by atoms with E-state index in [1.54, 1.807) is 6.33 Å². The zero-order valence-corrected chi connectivity index (χ0v) is 16.2. The highest BCUT2D eigenvalue weighted by Gasteiger charge is 2.25. The van der Waals surface area contributed by atoms with Crippen LogP contribution in [0, 0.1) is 0 Å². The molecule has 2 aromatic rings. The van der Waals surface area contributed by atoms with Gasteiger partial charge < -0.3 is 25.5 Å². The van der Waals surface area contributed by atoms with Crippen molar-refractivity contribution >= 4 is 23.0 Å². The minimum Gasteiger partial charge on any atom is -0.395 e. The minimum atomic E-state index is 0.203. The Bertz CT molecular complexity index is 756. The largest absolute Gasteiger partial charge is 0.395 e. The van der Waals surface area contributed by atoms with Crippen molar-refractivity contribution in [2.24, 2.45) is 0 Å². The van der Waals surface area contributed by atoms with Gasteiger partial charge in [0.1, 0.15) is 12.0 Å².